The minimum absolute atomic E-state index is 0.0121. The van der Waals surface area contributed by atoms with E-state index in [9.17, 15) is 27.9 Å². The number of hydrogen-bond acceptors (Lipinski definition) is 3. The molecule has 0 aromatic heterocycles. The Bertz CT molecular complexity index is 885. The van der Waals surface area contributed by atoms with Gasteiger partial charge in [0.05, 0.1) is 11.7 Å². The van der Waals surface area contributed by atoms with Crippen molar-refractivity contribution in [2.24, 2.45) is 5.92 Å². The number of urea groups is 1. The highest BCUT2D eigenvalue weighted by Crippen LogP contribution is 2.30. The Morgan fingerprint density at radius 2 is 1.63 bits per heavy atom. The van der Waals surface area contributed by atoms with E-state index in [1.54, 1.807) is 19.1 Å². The number of aliphatic hydroxyl groups is 1. The van der Waals surface area contributed by atoms with Crippen molar-refractivity contribution in [1.82, 2.24) is 5.32 Å². The first kappa shape index (κ1) is 23.2. The summed E-state index contributed by atoms with van der Waals surface area (Å²) in [6.45, 7) is 3.94. The maximum absolute atomic E-state index is 12.8. The maximum atomic E-state index is 12.8. The molecule has 2 aromatic rings. The van der Waals surface area contributed by atoms with Gasteiger partial charge in [0.2, 0.25) is 0 Å². The van der Waals surface area contributed by atoms with Gasteiger partial charge in [-0.25, -0.2) is 4.79 Å². The van der Waals surface area contributed by atoms with Crippen molar-refractivity contribution in [1.29, 1.82) is 0 Å². The van der Waals surface area contributed by atoms with Gasteiger partial charge < -0.3 is 21.1 Å². The van der Waals surface area contributed by atoms with E-state index in [-0.39, 0.29) is 17.2 Å². The predicted molar refractivity (Wildman–Crippen MR) is 108 cm³/mol. The van der Waals surface area contributed by atoms with Gasteiger partial charge in [-0.2, -0.15) is 13.2 Å². The lowest BCUT2D eigenvalue weighted by Crippen LogP contribution is -2.33. The van der Waals surface area contributed by atoms with Crippen LogP contribution in [0.3, 0.4) is 0 Å². The van der Waals surface area contributed by atoms with Crippen LogP contribution in [0.4, 0.5) is 29.3 Å². The fourth-order valence-electron chi connectivity index (χ4n) is 2.82. The maximum Gasteiger partial charge on any atom is 0.416 e. The molecule has 30 heavy (non-hydrogen) atoms. The number of benzene rings is 2. The van der Waals surface area contributed by atoms with Crippen molar-refractivity contribution in [3.8, 4) is 0 Å². The van der Waals surface area contributed by atoms with E-state index in [1.165, 1.54) is 24.3 Å². The summed E-state index contributed by atoms with van der Waals surface area (Å²) < 4.78 is 38.4. The summed E-state index contributed by atoms with van der Waals surface area (Å²) in [5, 5.41) is 17.0. The monoisotopic (exact) mass is 423 g/mol. The number of nitrogens with one attached hydrogen (secondary N) is 3. The molecule has 162 valence electrons. The summed E-state index contributed by atoms with van der Waals surface area (Å²) in [5.41, 5.74) is -0.324. The minimum Gasteiger partial charge on any atom is -0.393 e. The summed E-state index contributed by atoms with van der Waals surface area (Å²) in [4.78, 5) is 24.4. The SMILES string of the molecule is CC(O)CC(C)CNC(=O)Nc1cccc(C(=O)Nc2cccc(C(F)(F)F)c2)c1. The molecule has 0 radical (unpaired) electrons. The molecule has 2 aromatic carbocycles. The second-order valence-corrected chi connectivity index (χ2v) is 7.14. The molecule has 0 aliphatic heterocycles. The van der Waals surface area contributed by atoms with Gasteiger partial charge >= 0.3 is 12.2 Å². The van der Waals surface area contributed by atoms with Crippen molar-refractivity contribution in [3.63, 3.8) is 0 Å². The summed E-state index contributed by atoms with van der Waals surface area (Å²) in [6.07, 6.45) is -4.42. The lowest BCUT2D eigenvalue weighted by atomic mass is 10.1. The topological polar surface area (TPSA) is 90.5 Å². The third-order valence-corrected chi connectivity index (χ3v) is 4.18. The highest BCUT2D eigenvalue weighted by Gasteiger charge is 2.30. The van der Waals surface area contributed by atoms with Crippen LogP contribution in [-0.2, 0) is 6.18 Å². The quantitative estimate of drug-likeness (QED) is 0.529. The zero-order valence-electron chi connectivity index (χ0n) is 16.6. The molecule has 3 amide bonds. The van der Waals surface area contributed by atoms with Crippen molar-refractivity contribution in [3.05, 3.63) is 59.7 Å². The molecule has 0 fully saturated rings. The fourth-order valence-corrected chi connectivity index (χ4v) is 2.82. The summed E-state index contributed by atoms with van der Waals surface area (Å²) in [6, 6.07) is 9.90. The Hall–Kier alpha value is -3.07. The second-order valence-electron chi connectivity index (χ2n) is 7.14. The molecule has 4 N–H and O–H groups in total. The smallest absolute Gasteiger partial charge is 0.393 e. The number of anilines is 2. The van der Waals surface area contributed by atoms with Crippen molar-refractivity contribution in [2.45, 2.75) is 32.5 Å². The molecular formula is C21H24F3N3O3. The van der Waals surface area contributed by atoms with Gasteiger partial charge in [0.15, 0.2) is 0 Å². The predicted octanol–water partition coefficient (Wildman–Crippen LogP) is 4.49. The van der Waals surface area contributed by atoms with Crippen LogP contribution in [0.15, 0.2) is 48.5 Å². The van der Waals surface area contributed by atoms with E-state index in [2.05, 4.69) is 16.0 Å². The fraction of sp³-hybridized carbons (Fsp3) is 0.333. The number of carbonyl (C=O) groups excluding carboxylic acids is 2. The zero-order chi connectivity index (χ0) is 22.3. The van der Waals surface area contributed by atoms with Gasteiger partial charge in [-0.3, -0.25) is 4.79 Å². The van der Waals surface area contributed by atoms with Gasteiger partial charge in [0.1, 0.15) is 0 Å². The standard InChI is InChI=1S/C21H24F3N3O3/c1-13(9-14(2)28)12-25-20(30)27-17-7-3-5-15(10-17)19(29)26-18-8-4-6-16(11-18)21(22,23)24/h3-8,10-11,13-14,28H,9,12H2,1-2H3,(H,26,29)(H2,25,27,30). The average Bonchev–Trinajstić information content (AvgIpc) is 2.65. The number of alkyl halides is 3. The third-order valence-electron chi connectivity index (χ3n) is 4.18. The van der Waals surface area contributed by atoms with E-state index in [0.717, 1.165) is 12.1 Å². The first-order valence-electron chi connectivity index (χ1n) is 9.36. The van der Waals surface area contributed by atoms with Gasteiger partial charge in [-0.05, 0) is 55.7 Å². The highest BCUT2D eigenvalue weighted by molar-refractivity contribution is 6.05. The van der Waals surface area contributed by atoms with Crippen LogP contribution in [0.5, 0.6) is 0 Å². The molecule has 0 bridgehead atoms. The van der Waals surface area contributed by atoms with Gasteiger partial charge in [0, 0.05) is 23.5 Å². The number of hydrogen-bond donors (Lipinski definition) is 4. The van der Waals surface area contributed by atoms with Crippen molar-refractivity contribution < 1.29 is 27.9 Å². The Morgan fingerprint density at radius 3 is 2.27 bits per heavy atom. The van der Waals surface area contributed by atoms with E-state index < -0.39 is 29.8 Å². The van der Waals surface area contributed by atoms with Crippen LogP contribution < -0.4 is 16.0 Å². The lowest BCUT2D eigenvalue weighted by molar-refractivity contribution is -0.137. The summed E-state index contributed by atoms with van der Waals surface area (Å²) in [5.74, 6) is -0.524. The van der Waals surface area contributed by atoms with E-state index in [1.807, 2.05) is 6.92 Å². The molecular weight excluding hydrogens is 399 g/mol. The van der Waals surface area contributed by atoms with Gasteiger partial charge in [-0.15, -0.1) is 0 Å². The van der Waals surface area contributed by atoms with Crippen LogP contribution in [0.25, 0.3) is 0 Å². The number of aliphatic hydroxyl groups excluding tert-OH is 1. The molecule has 2 unspecified atom stereocenters. The Balaban J connectivity index is 1.98. The lowest BCUT2D eigenvalue weighted by Gasteiger charge is -2.15. The summed E-state index contributed by atoms with van der Waals surface area (Å²) >= 11 is 0. The Kier molecular flexibility index (Phi) is 7.82. The van der Waals surface area contributed by atoms with Crippen LogP contribution in [0.2, 0.25) is 0 Å². The van der Waals surface area contributed by atoms with Crippen LogP contribution in [-0.4, -0.2) is 29.7 Å². The van der Waals surface area contributed by atoms with Crippen LogP contribution in [0, 0.1) is 5.92 Å². The molecule has 0 heterocycles. The molecule has 9 heteroatoms. The molecule has 0 aliphatic rings. The molecule has 0 saturated carbocycles. The molecule has 0 spiro atoms. The summed E-state index contributed by atoms with van der Waals surface area (Å²) in [7, 11) is 0. The second kappa shape index (κ2) is 10.1. The Labute approximate surface area is 172 Å². The molecule has 0 aliphatic carbocycles. The molecule has 2 atom stereocenters. The van der Waals surface area contributed by atoms with Crippen molar-refractivity contribution >= 4 is 23.3 Å². The Morgan fingerprint density at radius 1 is 1.00 bits per heavy atom. The third kappa shape index (κ3) is 7.40. The molecule has 6 nitrogen and oxygen atoms in total. The van der Waals surface area contributed by atoms with Crippen molar-refractivity contribution in [2.75, 3.05) is 17.2 Å². The largest absolute Gasteiger partial charge is 0.416 e. The molecule has 0 saturated heterocycles. The highest BCUT2D eigenvalue weighted by atomic mass is 19.4. The minimum atomic E-state index is -4.51. The van der Waals surface area contributed by atoms with Gasteiger partial charge in [-0.1, -0.05) is 19.1 Å². The van der Waals surface area contributed by atoms with Crippen LogP contribution >= 0.6 is 0 Å². The number of amides is 3. The van der Waals surface area contributed by atoms with Crippen LogP contribution in [0.1, 0.15) is 36.2 Å². The number of halogens is 3. The van der Waals surface area contributed by atoms with E-state index in [4.69, 9.17) is 0 Å². The first-order chi connectivity index (χ1) is 14.0. The normalized spacial score (nSPS) is 13.3. The average molecular weight is 423 g/mol. The molecule has 2 rings (SSSR count). The van der Waals surface area contributed by atoms with Gasteiger partial charge in [0.25, 0.3) is 5.91 Å². The first-order valence-corrected chi connectivity index (χ1v) is 9.36. The number of carbonyl (C=O) groups is 2. The zero-order valence-corrected chi connectivity index (χ0v) is 16.6. The number of rotatable bonds is 7. The van der Waals surface area contributed by atoms with E-state index >= 15 is 0 Å². The van der Waals surface area contributed by atoms with E-state index in [0.29, 0.717) is 18.7 Å².